The van der Waals surface area contributed by atoms with E-state index >= 15 is 0 Å². The number of nitrogens with one attached hydrogen (secondary N) is 1. The van der Waals surface area contributed by atoms with Crippen molar-refractivity contribution in [2.45, 2.75) is 32.2 Å². The van der Waals surface area contributed by atoms with Gasteiger partial charge in [-0.25, -0.2) is 8.78 Å². The van der Waals surface area contributed by atoms with Crippen LogP contribution in [0, 0.1) is 11.6 Å². The third kappa shape index (κ3) is 5.53. The van der Waals surface area contributed by atoms with E-state index in [1.807, 2.05) is 11.8 Å². The monoisotopic (exact) mass is 422 g/mol. The van der Waals surface area contributed by atoms with E-state index in [0.717, 1.165) is 38.1 Å². The molecule has 2 saturated heterocycles. The van der Waals surface area contributed by atoms with E-state index in [1.54, 1.807) is 4.90 Å². The molecule has 2 aliphatic heterocycles. The number of benzene rings is 1. The SMILES string of the molecule is CC(C(=O)N1CCCCC1)N1CCN(C(=O)CNC(=O)c2cc(F)cc(F)c2)CC1. The van der Waals surface area contributed by atoms with Crippen LogP contribution in [0.2, 0.25) is 0 Å². The zero-order chi connectivity index (χ0) is 21.7. The Morgan fingerprint density at radius 2 is 1.50 bits per heavy atom. The van der Waals surface area contributed by atoms with Crippen molar-refractivity contribution in [3.63, 3.8) is 0 Å². The van der Waals surface area contributed by atoms with Crippen LogP contribution in [0.5, 0.6) is 0 Å². The molecule has 0 spiro atoms. The standard InChI is InChI=1S/C21H28F2N4O3/c1-15(21(30)27-5-3-2-4-6-27)25-7-9-26(10-8-25)19(28)14-24-20(29)16-11-17(22)13-18(23)12-16/h11-13,15H,2-10,14H2,1H3,(H,24,29). The first-order chi connectivity index (χ1) is 14.3. The van der Waals surface area contributed by atoms with Crippen molar-refractivity contribution >= 4 is 17.7 Å². The largest absolute Gasteiger partial charge is 0.343 e. The minimum atomic E-state index is -0.851. The van der Waals surface area contributed by atoms with Crippen LogP contribution in [0.25, 0.3) is 0 Å². The van der Waals surface area contributed by atoms with Crippen molar-refractivity contribution in [3.8, 4) is 0 Å². The summed E-state index contributed by atoms with van der Waals surface area (Å²) >= 11 is 0. The third-order valence-corrected chi connectivity index (χ3v) is 5.76. The maximum Gasteiger partial charge on any atom is 0.251 e. The fraction of sp³-hybridized carbons (Fsp3) is 0.571. The average Bonchev–Trinajstić information content (AvgIpc) is 2.76. The molecule has 2 fully saturated rings. The molecule has 1 aromatic carbocycles. The molecule has 7 nitrogen and oxygen atoms in total. The van der Waals surface area contributed by atoms with E-state index in [1.165, 1.54) is 6.42 Å². The number of halogens is 2. The van der Waals surface area contributed by atoms with Crippen LogP contribution >= 0.6 is 0 Å². The van der Waals surface area contributed by atoms with Gasteiger partial charge in [0, 0.05) is 50.9 Å². The second kappa shape index (κ2) is 9.97. The van der Waals surface area contributed by atoms with E-state index in [-0.39, 0.29) is 30.0 Å². The lowest BCUT2D eigenvalue weighted by Gasteiger charge is -2.39. The summed E-state index contributed by atoms with van der Waals surface area (Å²) < 4.78 is 26.5. The number of piperidine rings is 1. The summed E-state index contributed by atoms with van der Waals surface area (Å²) in [5.74, 6) is -2.54. The Labute approximate surface area is 175 Å². The Kier molecular flexibility index (Phi) is 7.36. The predicted octanol–water partition coefficient (Wildman–Crippen LogP) is 1.24. The third-order valence-electron chi connectivity index (χ3n) is 5.76. The van der Waals surface area contributed by atoms with Crippen molar-refractivity contribution in [2.24, 2.45) is 0 Å². The van der Waals surface area contributed by atoms with Gasteiger partial charge in [0.2, 0.25) is 11.8 Å². The Bertz CT molecular complexity index is 770. The van der Waals surface area contributed by atoms with Gasteiger partial charge in [0.15, 0.2) is 0 Å². The topological polar surface area (TPSA) is 73.0 Å². The molecule has 2 heterocycles. The van der Waals surface area contributed by atoms with Crippen molar-refractivity contribution in [1.29, 1.82) is 0 Å². The first kappa shape index (κ1) is 22.1. The van der Waals surface area contributed by atoms with E-state index in [2.05, 4.69) is 10.2 Å². The highest BCUT2D eigenvalue weighted by molar-refractivity contribution is 5.96. The molecular formula is C21H28F2N4O3. The maximum absolute atomic E-state index is 13.2. The zero-order valence-electron chi connectivity index (χ0n) is 17.2. The van der Waals surface area contributed by atoms with Crippen molar-refractivity contribution < 1.29 is 23.2 Å². The fourth-order valence-electron chi connectivity index (χ4n) is 3.95. The zero-order valence-corrected chi connectivity index (χ0v) is 17.2. The van der Waals surface area contributed by atoms with Gasteiger partial charge in [-0.1, -0.05) is 0 Å². The second-order valence-corrected chi connectivity index (χ2v) is 7.82. The summed E-state index contributed by atoms with van der Waals surface area (Å²) in [6.45, 7) is 5.37. The fourth-order valence-corrected chi connectivity index (χ4v) is 3.95. The average molecular weight is 422 g/mol. The summed E-state index contributed by atoms with van der Waals surface area (Å²) in [4.78, 5) is 42.7. The molecule has 1 atom stereocenters. The summed E-state index contributed by atoms with van der Waals surface area (Å²) in [5.41, 5.74) is -0.171. The summed E-state index contributed by atoms with van der Waals surface area (Å²) in [6.07, 6.45) is 3.27. The second-order valence-electron chi connectivity index (χ2n) is 7.82. The number of amides is 3. The maximum atomic E-state index is 13.2. The molecule has 0 bridgehead atoms. The highest BCUT2D eigenvalue weighted by Crippen LogP contribution is 2.14. The lowest BCUT2D eigenvalue weighted by Crippen LogP contribution is -2.56. The van der Waals surface area contributed by atoms with Gasteiger partial charge >= 0.3 is 0 Å². The van der Waals surface area contributed by atoms with Crippen molar-refractivity contribution in [3.05, 3.63) is 35.4 Å². The van der Waals surface area contributed by atoms with Gasteiger partial charge in [-0.05, 0) is 38.3 Å². The highest BCUT2D eigenvalue weighted by Gasteiger charge is 2.30. The van der Waals surface area contributed by atoms with Crippen LogP contribution in [0.3, 0.4) is 0 Å². The Balaban J connectivity index is 1.44. The Hall–Kier alpha value is -2.55. The molecule has 0 radical (unpaired) electrons. The number of hydrogen-bond donors (Lipinski definition) is 1. The van der Waals surface area contributed by atoms with Crippen LogP contribution in [-0.4, -0.2) is 84.3 Å². The van der Waals surface area contributed by atoms with Gasteiger partial charge in [0.05, 0.1) is 12.6 Å². The van der Waals surface area contributed by atoms with Gasteiger partial charge in [-0.2, -0.15) is 0 Å². The molecule has 2 aliphatic rings. The first-order valence-corrected chi connectivity index (χ1v) is 10.4. The molecule has 30 heavy (non-hydrogen) atoms. The molecule has 164 valence electrons. The summed E-state index contributed by atoms with van der Waals surface area (Å²) in [5, 5.41) is 2.41. The number of hydrogen-bond acceptors (Lipinski definition) is 4. The van der Waals surface area contributed by atoms with Crippen LogP contribution in [0.1, 0.15) is 36.5 Å². The van der Waals surface area contributed by atoms with Crippen LogP contribution in [0.15, 0.2) is 18.2 Å². The summed E-state index contributed by atoms with van der Waals surface area (Å²) in [6, 6.07) is 2.30. The quantitative estimate of drug-likeness (QED) is 0.775. The summed E-state index contributed by atoms with van der Waals surface area (Å²) in [7, 11) is 0. The minimum absolute atomic E-state index is 0.143. The van der Waals surface area contributed by atoms with Gasteiger partial charge < -0.3 is 15.1 Å². The van der Waals surface area contributed by atoms with Crippen molar-refractivity contribution in [2.75, 3.05) is 45.8 Å². The smallest absolute Gasteiger partial charge is 0.251 e. The van der Waals surface area contributed by atoms with Crippen LogP contribution in [0.4, 0.5) is 8.78 Å². The van der Waals surface area contributed by atoms with Gasteiger partial charge in [-0.15, -0.1) is 0 Å². The van der Waals surface area contributed by atoms with E-state index < -0.39 is 17.5 Å². The number of piperazine rings is 1. The molecular weight excluding hydrogens is 394 g/mol. The van der Waals surface area contributed by atoms with E-state index in [0.29, 0.717) is 32.2 Å². The number of rotatable bonds is 5. The lowest BCUT2D eigenvalue weighted by molar-refractivity contribution is -0.139. The molecule has 3 rings (SSSR count). The van der Waals surface area contributed by atoms with Gasteiger partial charge in [0.25, 0.3) is 5.91 Å². The number of nitrogens with zero attached hydrogens (tertiary/aromatic N) is 3. The predicted molar refractivity (Wildman–Crippen MR) is 107 cm³/mol. The normalized spacial score (nSPS) is 18.8. The van der Waals surface area contributed by atoms with Crippen molar-refractivity contribution in [1.82, 2.24) is 20.0 Å². The van der Waals surface area contributed by atoms with Crippen LogP contribution in [-0.2, 0) is 9.59 Å². The van der Waals surface area contributed by atoms with Gasteiger partial charge in [-0.3, -0.25) is 19.3 Å². The van der Waals surface area contributed by atoms with Gasteiger partial charge in [0.1, 0.15) is 11.6 Å². The molecule has 1 N–H and O–H groups in total. The Morgan fingerprint density at radius 1 is 0.900 bits per heavy atom. The first-order valence-electron chi connectivity index (χ1n) is 10.4. The molecule has 0 saturated carbocycles. The molecule has 0 aromatic heterocycles. The molecule has 1 unspecified atom stereocenters. The lowest BCUT2D eigenvalue weighted by atomic mass is 10.1. The number of likely N-dealkylation sites (tertiary alicyclic amines) is 1. The highest BCUT2D eigenvalue weighted by atomic mass is 19.1. The molecule has 1 aromatic rings. The molecule has 3 amide bonds. The number of carbonyl (C=O) groups is 3. The minimum Gasteiger partial charge on any atom is -0.343 e. The van der Waals surface area contributed by atoms with E-state index in [9.17, 15) is 23.2 Å². The van der Waals surface area contributed by atoms with Crippen LogP contribution < -0.4 is 5.32 Å². The number of carbonyl (C=O) groups excluding carboxylic acids is 3. The Morgan fingerprint density at radius 3 is 2.10 bits per heavy atom. The molecule has 9 heteroatoms. The van der Waals surface area contributed by atoms with E-state index in [4.69, 9.17) is 0 Å². The molecule has 0 aliphatic carbocycles.